The van der Waals surface area contributed by atoms with E-state index in [1.54, 1.807) is 4.68 Å². The molecule has 0 radical (unpaired) electrons. The van der Waals surface area contributed by atoms with Gasteiger partial charge in [-0.2, -0.15) is 0 Å². The minimum atomic E-state index is 0.317. The topological polar surface area (TPSA) is 42.7 Å². The van der Waals surface area contributed by atoms with Crippen LogP contribution in [0.15, 0.2) is 30.5 Å². The molecule has 90 valence electrons. The maximum Gasteiger partial charge on any atom is 0.0964 e. The van der Waals surface area contributed by atoms with Crippen molar-refractivity contribution < 1.29 is 0 Å². The SMILES string of the molecule is Cc1cccc([C@H](C)NCc2cn(C)nn2)c1. The van der Waals surface area contributed by atoms with Crippen LogP contribution in [0.25, 0.3) is 0 Å². The Morgan fingerprint density at radius 2 is 2.24 bits per heavy atom. The molecule has 0 saturated carbocycles. The lowest BCUT2D eigenvalue weighted by atomic mass is 10.1. The van der Waals surface area contributed by atoms with E-state index < -0.39 is 0 Å². The smallest absolute Gasteiger partial charge is 0.0964 e. The summed E-state index contributed by atoms with van der Waals surface area (Å²) in [6.07, 6.45) is 1.93. The fraction of sp³-hybridized carbons (Fsp3) is 0.385. The highest BCUT2D eigenvalue weighted by Gasteiger charge is 2.06. The largest absolute Gasteiger partial charge is 0.304 e. The van der Waals surface area contributed by atoms with Gasteiger partial charge in [-0.3, -0.25) is 4.68 Å². The number of benzene rings is 1. The van der Waals surface area contributed by atoms with Crippen LogP contribution >= 0.6 is 0 Å². The molecule has 0 aliphatic heterocycles. The van der Waals surface area contributed by atoms with Gasteiger partial charge in [0.05, 0.1) is 5.69 Å². The predicted molar refractivity (Wildman–Crippen MR) is 67.4 cm³/mol. The molecule has 0 unspecified atom stereocenters. The molecule has 1 atom stereocenters. The number of aryl methyl sites for hydroxylation is 2. The molecule has 0 fully saturated rings. The fourth-order valence-electron chi connectivity index (χ4n) is 1.79. The number of hydrogen-bond acceptors (Lipinski definition) is 3. The van der Waals surface area contributed by atoms with Crippen molar-refractivity contribution in [1.82, 2.24) is 20.3 Å². The second-order valence-electron chi connectivity index (χ2n) is 4.40. The Labute approximate surface area is 102 Å². The van der Waals surface area contributed by atoms with E-state index in [0.29, 0.717) is 6.04 Å². The van der Waals surface area contributed by atoms with Crippen LogP contribution in [-0.2, 0) is 13.6 Å². The molecule has 1 N–H and O–H groups in total. The van der Waals surface area contributed by atoms with Crippen molar-refractivity contribution in [3.05, 3.63) is 47.3 Å². The van der Waals surface area contributed by atoms with Crippen LogP contribution < -0.4 is 5.32 Å². The maximum atomic E-state index is 4.05. The minimum Gasteiger partial charge on any atom is -0.304 e. The van der Waals surface area contributed by atoms with Gasteiger partial charge >= 0.3 is 0 Å². The van der Waals surface area contributed by atoms with Crippen molar-refractivity contribution >= 4 is 0 Å². The van der Waals surface area contributed by atoms with E-state index in [-0.39, 0.29) is 0 Å². The molecule has 0 aliphatic carbocycles. The average Bonchev–Trinajstić information content (AvgIpc) is 2.72. The Kier molecular flexibility index (Phi) is 3.54. The quantitative estimate of drug-likeness (QED) is 0.873. The monoisotopic (exact) mass is 230 g/mol. The van der Waals surface area contributed by atoms with Gasteiger partial charge in [0, 0.05) is 25.8 Å². The van der Waals surface area contributed by atoms with Gasteiger partial charge in [-0.25, -0.2) is 0 Å². The summed E-state index contributed by atoms with van der Waals surface area (Å²) in [6.45, 7) is 5.01. The van der Waals surface area contributed by atoms with Crippen LogP contribution in [0.4, 0.5) is 0 Å². The van der Waals surface area contributed by atoms with Crippen LogP contribution in [0.3, 0.4) is 0 Å². The zero-order chi connectivity index (χ0) is 12.3. The van der Waals surface area contributed by atoms with E-state index in [1.807, 2.05) is 13.2 Å². The molecule has 1 heterocycles. The zero-order valence-corrected chi connectivity index (χ0v) is 10.5. The summed E-state index contributed by atoms with van der Waals surface area (Å²) in [7, 11) is 1.88. The Bertz CT molecular complexity index is 490. The lowest BCUT2D eigenvalue weighted by Crippen LogP contribution is -2.18. The van der Waals surface area contributed by atoms with Crippen molar-refractivity contribution in [1.29, 1.82) is 0 Å². The van der Waals surface area contributed by atoms with Crippen molar-refractivity contribution in [3.8, 4) is 0 Å². The van der Waals surface area contributed by atoms with Crippen molar-refractivity contribution in [2.45, 2.75) is 26.4 Å². The van der Waals surface area contributed by atoms with Crippen molar-refractivity contribution in [2.75, 3.05) is 0 Å². The molecular formula is C13H18N4. The van der Waals surface area contributed by atoms with Gasteiger partial charge in [-0.1, -0.05) is 35.0 Å². The maximum absolute atomic E-state index is 4.05. The van der Waals surface area contributed by atoms with E-state index in [0.717, 1.165) is 12.2 Å². The summed E-state index contributed by atoms with van der Waals surface area (Å²) in [6, 6.07) is 8.86. The van der Waals surface area contributed by atoms with Crippen LogP contribution in [0.2, 0.25) is 0 Å². The Balaban J connectivity index is 1.95. The normalized spacial score (nSPS) is 12.6. The van der Waals surface area contributed by atoms with Crippen LogP contribution in [0, 0.1) is 6.92 Å². The van der Waals surface area contributed by atoms with Gasteiger partial charge in [-0.05, 0) is 19.4 Å². The predicted octanol–water partition coefficient (Wildman–Crippen LogP) is 1.97. The zero-order valence-electron chi connectivity index (χ0n) is 10.5. The number of nitrogens with one attached hydrogen (secondary N) is 1. The third-order valence-electron chi connectivity index (χ3n) is 2.78. The second-order valence-corrected chi connectivity index (χ2v) is 4.40. The van der Waals surface area contributed by atoms with Gasteiger partial charge in [0.2, 0.25) is 0 Å². The van der Waals surface area contributed by atoms with Crippen molar-refractivity contribution in [2.24, 2.45) is 7.05 Å². The van der Waals surface area contributed by atoms with E-state index in [4.69, 9.17) is 0 Å². The first-order chi connectivity index (χ1) is 8.15. The van der Waals surface area contributed by atoms with Gasteiger partial charge in [-0.15, -0.1) is 5.10 Å². The number of rotatable bonds is 4. The average molecular weight is 230 g/mol. The van der Waals surface area contributed by atoms with Gasteiger partial charge in [0.15, 0.2) is 0 Å². The molecule has 1 aromatic heterocycles. The standard InChI is InChI=1S/C13H18N4/c1-10-5-4-6-12(7-10)11(2)14-8-13-9-17(3)16-15-13/h4-7,9,11,14H,8H2,1-3H3/t11-/m0/s1. The molecule has 2 rings (SSSR count). The molecule has 0 amide bonds. The summed E-state index contributed by atoms with van der Waals surface area (Å²) < 4.78 is 1.72. The molecule has 4 heteroatoms. The highest BCUT2D eigenvalue weighted by atomic mass is 15.4. The molecular weight excluding hydrogens is 212 g/mol. The second kappa shape index (κ2) is 5.10. The highest BCUT2D eigenvalue weighted by molar-refractivity contribution is 5.24. The molecule has 0 spiro atoms. The fourth-order valence-corrected chi connectivity index (χ4v) is 1.79. The Morgan fingerprint density at radius 1 is 1.41 bits per heavy atom. The van der Waals surface area contributed by atoms with Crippen LogP contribution in [0.1, 0.15) is 29.8 Å². The van der Waals surface area contributed by atoms with Gasteiger partial charge in [0.1, 0.15) is 0 Å². The van der Waals surface area contributed by atoms with Crippen LogP contribution in [-0.4, -0.2) is 15.0 Å². The molecule has 0 saturated heterocycles. The first-order valence-corrected chi connectivity index (χ1v) is 5.80. The lowest BCUT2D eigenvalue weighted by Gasteiger charge is -2.13. The van der Waals surface area contributed by atoms with Gasteiger partial charge in [0.25, 0.3) is 0 Å². The van der Waals surface area contributed by atoms with E-state index in [2.05, 4.69) is 53.7 Å². The van der Waals surface area contributed by atoms with E-state index in [9.17, 15) is 0 Å². The van der Waals surface area contributed by atoms with E-state index >= 15 is 0 Å². The molecule has 4 nitrogen and oxygen atoms in total. The number of nitrogens with zero attached hydrogens (tertiary/aromatic N) is 3. The van der Waals surface area contributed by atoms with Crippen molar-refractivity contribution in [3.63, 3.8) is 0 Å². The number of aromatic nitrogens is 3. The molecule has 17 heavy (non-hydrogen) atoms. The first kappa shape index (κ1) is 11.8. The van der Waals surface area contributed by atoms with E-state index in [1.165, 1.54) is 11.1 Å². The third kappa shape index (κ3) is 3.14. The molecule has 1 aromatic carbocycles. The molecule has 2 aromatic rings. The summed E-state index contributed by atoms with van der Waals surface area (Å²) in [5.41, 5.74) is 3.55. The highest BCUT2D eigenvalue weighted by Crippen LogP contribution is 2.13. The summed E-state index contributed by atoms with van der Waals surface area (Å²) in [5, 5.41) is 11.4. The first-order valence-electron chi connectivity index (χ1n) is 5.80. The third-order valence-corrected chi connectivity index (χ3v) is 2.78. The molecule has 0 aliphatic rings. The molecule has 0 bridgehead atoms. The van der Waals surface area contributed by atoms with Crippen LogP contribution in [0.5, 0.6) is 0 Å². The summed E-state index contributed by atoms with van der Waals surface area (Å²) in [5.74, 6) is 0. The minimum absolute atomic E-state index is 0.317. The summed E-state index contributed by atoms with van der Waals surface area (Å²) in [4.78, 5) is 0. The summed E-state index contributed by atoms with van der Waals surface area (Å²) >= 11 is 0. The Hall–Kier alpha value is -1.68. The van der Waals surface area contributed by atoms with Gasteiger partial charge < -0.3 is 5.32 Å². The number of hydrogen-bond donors (Lipinski definition) is 1. The lowest BCUT2D eigenvalue weighted by molar-refractivity contribution is 0.566. The Morgan fingerprint density at radius 3 is 2.88 bits per heavy atom.